The van der Waals surface area contributed by atoms with Crippen molar-refractivity contribution in [3.8, 4) is 0 Å². The van der Waals surface area contributed by atoms with Crippen molar-refractivity contribution in [2.45, 2.75) is 25.8 Å². The van der Waals surface area contributed by atoms with E-state index < -0.39 is 0 Å². The van der Waals surface area contributed by atoms with E-state index in [0.717, 1.165) is 6.42 Å². The standard InChI is InChI=1S/C17H20N2S/c1-11(2)9-15-16(20-17(18)19-15)14-8-7-12-5-3-4-6-13(12)10-14/h3-8,10-11,17,19H,9,18H2,1-2H3. The molecule has 2 nitrogen and oxygen atoms in total. The molecule has 2 aromatic carbocycles. The Morgan fingerprint density at radius 2 is 1.90 bits per heavy atom. The minimum absolute atomic E-state index is 0.0229. The second kappa shape index (κ2) is 5.51. The molecule has 0 saturated carbocycles. The van der Waals surface area contributed by atoms with E-state index in [2.05, 4.69) is 61.6 Å². The van der Waals surface area contributed by atoms with Crippen LogP contribution in [0, 0.1) is 5.92 Å². The van der Waals surface area contributed by atoms with Crippen LogP contribution in [-0.2, 0) is 0 Å². The molecule has 0 bridgehead atoms. The van der Waals surface area contributed by atoms with Gasteiger partial charge in [0.25, 0.3) is 0 Å². The Morgan fingerprint density at radius 1 is 1.15 bits per heavy atom. The van der Waals surface area contributed by atoms with Crippen LogP contribution in [0.3, 0.4) is 0 Å². The highest BCUT2D eigenvalue weighted by Crippen LogP contribution is 2.39. The highest BCUT2D eigenvalue weighted by molar-refractivity contribution is 8.09. The van der Waals surface area contributed by atoms with Gasteiger partial charge in [-0.2, -0.15) is 0 Å². The first-order valence-corrected chi connectivity index (χ1v) is 7.92. The first-order valence-electron chi connectivity index (χ1n) is 7.04. The van der Waals surface area contributed by atoms with Crippen LogP contribution in [-0.4, -0.2) is 5.50 Å². The molecule has 1 heterocycles. The predicted octanol–water partition coefficient (Wildman–Crippen LogP) is 4.13. The van der Waals surface area contributed by atoms with E-state index in [4.69, 9.17) is 5.73 Å². The van der Waals surface area contributed by atoms with Crippen molar-refractivity contribution in [2.75, 3.05) is 0 Å². The summed E-state index contributed by atoms with van der Waals surface area (Å²) in [5.41, 5.74) is 8.58. The fraction of sp³-hybridized carbons (Fsp3) is 0.294. The molecular weight excluding hydrogens is 264 g/mol. The number of nitrogens with one attached hydrogen (secondary N) is 1. The molecule has 20 heavy (non-hydrogen) atoms. The van der Waals surface area contributed by atoms with Crippen LogP contribution >= 0.6 is 11.8 Å². The molecular formula is C17H20N2S. The third kappa shape index (κ3) is 2.69. The van der Waals surface area contributed by atoms with Crippen LogP contribution in [0.1, 0.15) is 25.8 Å². The number of fused-ring (bicyclic) bond motifs is 1. The second-order valence-electron chi connectivity index (χ2n) is 5.65. The zero-order chi connectivity index (χ0) is 14.1. The van der Waals surface area contributed by atoms with E-state index in [1.165, 1.54) is 26.9 Å². The Labute approximate surface area is 124 Å². The Bertz CT molecular complexity index is 661. The van der Waals surface area contributed by atoms with E-state index in [0.29, 0.717) is 5.92 Å². The van der Waals surface area contributed by atoms with Gasteiger partial charge >= 0.3 is 0 Å². The zero-order valence-electron chi connectivity index (χ0n) is 11.9. The molecule has 1 unspecified atom stereocenters. The number of hydrogen-bond acceptors (Lipinski definition) is 3. The van der Waals surface area contributed by atoms with Gasteiger partial charge in [-0.25, -0.2) is 0 Å². The summed E-state index contributed by atoms with van der Waals surface area (Å²) >= 11 is 1.72. The van der Waals surface area contributed by atoms with Gasteiger partial charge in [-0.05, 0) is 34.7 Å². The Kier molecular flexibility index (Phi) is 3.72. The van der Waals surface area contributed by atoms with Crippen molar-refractivity contribution < 1.29 is 0 Å². The van der Waals surface area contributed by atoms with Crippen molar-refractivity contribution in [3.63, 3.8) is 0 Å². The fourth-order valence-corrected chi connectivity index (χ4v) is 3.60. The van der Waals surface area contributed by atoms with Crippen LogP contribution in [0.4, 0.5) is 0 Å². The molecule has 0 saturated heterocycles. The SMILES string of the molecule is CC(C)CC1=C(c2ccc3ccccc3c2)SC(N)N1. The van der Waals surface area contributed by atoms with Crippen molar-refractivity contribution >= 4 is 27.4 Å². The summed E-state index contributed by atoms with van der Waals surface area (Å²) < 4.78 is 0. The quantitative estimate of drug-likeness (QED) is 0.890. The zero-order valence-corrected chi connectivity index (χ0v) is 12.7. The normalized spacial score (nSPS) is 18.9. The molecule has 104 valence electrons. The lowest BCUT2D eigenvalue weighted by Gasteiger charge is -2.10. The van der Waals surface area contributed by atoms with Crippen molar-refractivity contribution in [3.05, 3.63) is 53.7 Å². The van der Waals surface area contributed by atoms with Crippen molar-refractivity contribution in [1.82, 2.24) is 5.32 Å². The summed E-state index contributed by atoms with van der Waals surface area (Å²) in [7, 11) is 0. The molecule has 0 aromatic heterocycles. The predicted molar refractivity (Wildman–Crippen MR) is 89.0 cm³/mol. The molecule has 0 spiro atoms. The van der Waals surface area contributed by atoms with Gasteiger partial charge in [0.15, 0.2) is 0 Å². The number of rotatable bonds is 3. The molecule has 2 aromatic rings. The average Bonchev–Trinajstić information content (AvgIpc) is 2.78. The fourth-order valence-electron chi connectivity index (χ4n) is 2.60. The smallest absolute Gasteiger partial charge is 0.127 e. The maximum absolute atomic E-state index is 6.05. The lowest BCUT2D eigenvalue weighted by molar-refractivity contribution is 0.603. The molecule has 1 aliphatic heterocycles. The molecule has 0 amide bonds. The first kappa shape index (κ1) is 13.5. The summed E-state index contributed by atoms with van der Waals surface area (Å²) in [5.74, 6) is 0.624. The van der Waals surface area contributed by atoms with Gasteiger partial charge in [-0.15, -0.1) is 0 Å². The lowest BCUT2D eigenvalue weighted by atomic mass is 10.0. The van der Waals surface area contributed by atoms with Crippen LogP contribution in [0.25, 0.3) is 15.7 Å². The first-order chi connectivity index (χ1) is 9.63. The molecule has 0 aliphatic carbocycles. The van der Waals surface area contributed by atoms with Gasteiger partial charge in [0.2, 0.25) is 0 Å². The average molecular weight is 284 g/mol. The van der Waals surface area contributed by atoms with Crippen LogP contribution < -0.4 is 11.1 Å². The molecule has 3 rings (SSSR count). The van der Waals surface area contributed by atoms with Crippen LogP contribution in [0.2, 0.25) is 0 Å². The number of nitrogens with two attached hydrogens (primary N) is 1. The van der Waals surface area contributed by atoms with E-state index in [1.807, 2.05) is 0 Å². The number of allylic oxidation sites excluding steroid dienone is 1. The molecule has 0 fully saturated rings. The molecule has 3 heteroatoms. The Morgan fingerprint density at radius 3 is 2.65 bits per heavy atom. The minimum atomic E-state index is -0.0229. The molecule has 3 N–H and O–H groups in total. The lowest BCUT2D eigenvalue weighted by Crippen LogP contribution is -2.29. The van der Waals surface area contributed by atoms with E-state index in [9.17, 15) is 0 Å². The maximum Gasteiger partial charge on any atom is 0.127 e. The Hall–Kier alpha value is -1.45. The van der Waals surface area contributed by atoms with Gasteiger partial charge in [-0.1, -0.05) is 62.0 Å². The minimum Gasteiger partial charge on any atom is -0.364 e. The number of hydrogen-bond donors (Lipinski definition) is 2. The van der Waals surface area contributed by atoms with Gasteiger partial charge in [0.05, 0.1) is 0 Å². The van der Waals surface area contributed by atoms with Crippen molar-refractivity contribution in [2.24, 2.45) is 11.7 Å². The van der Waals surface area contributed by atoms with Gasteiger partial charge in [0.1, 0.15) is 5.50 Å². The molecule has 0 radical (unpaired) electrons. The van der Waals surface area contributed by atoms with E-state index in [1.54, 1.807) is 11.8 Å². The molecule has 1 aliphatic rings. The maximum atomic E-state index is 6.05. The summed E-state index contributed by atoms with van der Waals surface area (Å²) in [6.07, 6.45) is 1.04. The van der Waals surface area contributed by atoms with Gasteiger partial charge < -0.3 is 11.1 Å². The number of thioether (sulfide) groups is 1. The summed E-state index contributed by atoms with van der Waals surface area (Å²) in [4.78, 5) is 1.30. The summed E-state index contributed by atoms with van der Waals surface area (Å²) in [6, 6.07) is 15.1. The van der Waals surface area contributed by atoms with Gasteiger partial charge in [-0.3, -0.25) is 0 Å². The monoisotopic (exact) mass is 284 g/mol. The third-order valence-electron chi connectivity index (χ3n) is 3.46. The highest BCUT2D eigenvalue weighted by atomic mass is 32.2. The summed E-state index contributed by atoms with van der Waals surface area (Å²) in [5, 5.41) is 5.96. The second-order valence-corrected chi connectivity index (χ2v) is 6.80. The summed E-state index contributed by atoms with van der Waals surface area (Å²) in [6.45, 7) is 4.47. The largest absolute Gasteiger partial charge is 0.364 e. The van der Waals surface area contributed by atoms with Crippen molar-refractivity contribution in [1.29, 1.82) is 0 Å². The van der Waals surface area contributed by atoms with Crippen LogP contribution in [0.5, 0.6) is 0 Å². The number of benzene rings is 2. The van der Waals surface area contributed by atoms with E-state index >= 15 is 0 Å². The van der Waals surface area contributed by atoms with E-state index in [-0.39, 0.29) is 5.50 Å². The highest BCUT2D eigenvalue weighted by Gasteiger charge is 2.23. The Balaban J connectivity index is 2.03. The third-order valence-corrected chi connectivity index (χ3v) is 4.55. The molecule has 1 atom stereocenters. The van der Waals surface area contributed by atoms with Crippen LogP contribution in [0.15, 0.2) is 48.2 Å². The topological polar surface area (TPSA) is 38.0 Å². The van der Waals surface area contributed by atoms with Gasteiger partial charge in [0, 0.05) is 10.6 Å².